The topological polar surface area (TPSA) is 216 Å². The van der Waals surface area contributed by atoms with Crippen molar-refractivity contribution in [2.75, 3.05) is 23.3 Å². The summed E-state index contributed by atoms with van der Waals surface area (Å²) < 4.78 is 7.39. The van der Waals surface area contributed by atoms with E-state index in [0.29, 0.717) is 71.5 Å². The van der Waals surface area contributed by atoms with Crippen molar-refractivity contribution in [3.8, 4) is 33.1 Å². The van der Waals surface area contributed by atoms with Crippen LogP contribution in [0.25, 0.3) is 31.8 Å². The maximum absolute atomic E-state index is 14.5. The lowest BCUT2D eigenvalue weighted by atomic mass is 9.82. The highest BCUT2D eigenvalue weighted by molar-refractivity contribution is 7.22. The summed E-state index contributed by atoms with van der Waals surface area (Å²) >= 11 is 2.98. The lowest BCUT2D eigenvalue weighted by Gasteiger charge is -2.37. The van der Waals surface area contributed by atoms with Crippen LogP contribution in [-0.2, 0) is 33.8 Å². The molecule has 2 aliphatic rings. The second kappa shape index (κ2) is 23.9. The number of amides is 4. The number of thiazole rings is 2. The molecule has 3 aromatic heterocycles. The van der Waals surface area contributed by atoms with Crippen LogP contribution in [0.2, 0.25) is 0 Å². The number of aromatic nitrogens is 3. The Morgan fingerprint density at radius 1 is 0.831 bits per heavy atom. The van der Waals surface area contributed by atoms with E-state index >= 15 is 0 Å². The molecule has 83 heavy (non-hydrogen) atoms. The number of carbonyl (C=O) groups is 5. The van der Waals surface area contributed by atoms with Gasteiger partial charge in [-0.3, -0.25) is 24.5 Å². The van der Waals surface area contributed by atoms with E-state index in [1.165, 1.54) is 16.2 Å². The number of nitrogens with zero attached hydrogens (tertiary/aromatic N) is 5. The van der Waals surface area contributed by atoms with Gasteiger partial charge in [-0.15, -0.1) is 11.3 Å². The first-order valence-electron chi connectivity index (χ1n) is 27.9. The van der Waals surface area contributed by atoms with Gasteiger partial charge in [0.05, 0.1) is 38.4 Å². The normalized spacial score (nSPS) is 16.0. The number of carboxylic acid groups (broad SMARTS) is 1. The minimum Gasteiger partial charge on any atom is -0.476 e. The average Bonchev–Trinajstić information content (AvgIpc) is 4.33. The molecule has 0 bridgehead atoms. The SMILES string of the molecule is Cc1ncsc1-c1ccc(C(C)NC(=O)C2CC(O)CN2C(=O)C(NC(=O)C(C)(C)CCc2ccc(Oc3cccc(-c4ccc(N5CCc6cccc(C(=O)Nc7nc8ccccc8s7)c6C5)nc4C(=O)O)c3C)cc2)C(C)(C)C)cc1. The number of hydrogen-bond acceptors (Lipinski definition) is 13. The molecule has 2 aliphatic heterocycles. The molecule has 0 saturated carbocycles. The maximum atomic E-state index is 14.5. The summed E-state index contributed by atoms with van der Waals surface area (Å²) in [5.74, 6) is -0.961. The van der Waals surface area contributed by atoms with E-state index in [1.54, 1.807) is 23.5 Å². The van der Waals surface area contributed by atoms with E-state index < -0.39 is 40.9 Å². The Hall–Kier alpha value is -8.32. The molecular weight excluding hydrogens is 1080 g/mol. The largest absolute Gasteiger partial charge is 0.476 e. The maximum Gasteiger partial charge on any atom is 0.355 e. The van der Waals surface area contributed by atoms with Crippen LogP contribution in [0.5, 0.6) is 11.5 Å². The zero-order valence-corrected chi connectivity index (χ0v) is 49.4. The number of hydrogen-bond donors (Lipinski definition) is 5. The Balaban J connectivity index is 0.757. The van der Waals surface area contributed by atoms with Gasteiger partial charge in [-0.25, -0.2) is 19.7 Å². The first kappa shape index (κ1) is 57.9. The summed E-state index contributed by atoms with van der Waals surface area (Å²) in [6.07, 6.45) is 0.820. The van der Waals surface area contributed by atoms with Crippen molar-refractivity contribution >= 4 is 73.4 Å². The number of aromatic carboxylic acids is 1. The van der Waals surface area contributed by atoms with Crippen LogP contribution in [0.15, 0.2) is 127 Å². The van der Waals surface area contributed by atoms with Crippen molar-refractivity contribution in [3.05, 3.63) is 172 Å². The van der Waals surface area contributed by atoms with E-state index in [1.807, 2.05) is 175 Å². The summed E-state index contributed by atoms with van der Waals surface area (Å²) in [5.41, 5.74) is 8.99. The predicted molar refractivity (Wildman–Crippen MR) is 325 cm³/mol. The van der Waals surface area contributed by atoms with Crippen LogP contribution >= 0.6 is 22.7 Å². The van der Waals surface area contributed by atoms with Gasteiger partial charge in [0.15, 0.2) is 10.8 Å². The highest BCUT2D eigenvalue weighted by atomic mass is 32.1. The van der Waals surface area contributed by atoms with Crippen LogP contribution in [0.3, 0.4) is 0 Å². The summed E-state index contributed by atoms with van der Waals surface area (Å²) in [4.78, 5) is 87.4. The zero-order valence-electron chi connectivity index (χ0n) is 47.8. The zero-order chi connectivity index (χ0) is 58.9. The molecule has 16 nitrogen and oxygen atoms in total. The van der Waals surface area contributed by atoms with Crippen molar-refractivity contribution < 1.29 is 38.9 Å². The Kier molecular flexibility index (Phi) is 16.7. The first-order valence-corrected chi connectivity index (χ1v) is 29.6. The molecule has 5 aromatic carbocycles. The highest BCUT2D eigenvalue weighted by Crippen LogP contribution is 2.38. The summed E-state index contributed by atoms with van der Waals surface area (Å²) in [6.45, 7) is 15.9. The summed E-state index contributed by atoms with van der Waals surface area (Å²) in [7, 11) is 0. The molecule has 4 amide bonds. The van der Waals surface area contributed by atoms with Crippen LogP contribution in [0, 0.1) is 24.7 Å². The lowest BCUT2D eigenvalue weighted by Crippen LogP contribution is -2.59. The van der Waals surface area contributed by atoms with Crippen LogP contribution in [0.4, 0.5) is 10.9 Å². The molecule has 18 heteroatoms. The third kappa shape index (κ3) is 12.7. The molecule has 1 fully saturated rings. The predicted octanol–water partition coefficient (Wildman–Crippen LogP) is 11.7. The van der Waals surface area contributed by atoms with Crippen molar-refractivity contribution in [3.63, 3.8) is 0 Å². The fourth-order valence-corrected chi connectivity index (χ4v) is 12.5. The van der Waals surface area contributed by atoms with Gasteiger partial charge < -0.3 is 35.4 Å². The minimum absolute atomic E-state index is 0.0302. The van der Waals surface area contributed by atoms with Gasteiger partial charge in [0.25, 0.3) is 5.91 Å². The third-order valence-electron chi connectivity index (χ3n) is 15.8. The number of ether oxygens (including phenoxy) is 1. The number of rotatable bonds is 17. The van der Waals surface area contributed by atoms with E-state index in [9.17, 15) is 34.2 Å². The Morgan fingerprint density at radius 2 is 1.58 bits per heavy atom. The second-order valence-electron chi connectivity index (χ2n) is 23.3. The average molecular weight is 1150 g/mol. The fourth-order valence-electron chi connectivity index (χ4n) is 10.9. The molecule has 5 N–H and O–H groups in total. The van der Waals surface area contributed by atoms with E-state index in [4.69, 9.17) is 9.72 Å². The number of fused-ring (bicyclic) bond motifs is 2. The minimum atomic E-state index is -1.18. The number of para-hydroxylation sites is 1. The first-order chi connectivity index (χ1) is 39.6. The van der Waals surface area contributed by atoms with Crippen molar-refractivity contribution in [2.45, 2.75) is 112 Å². The van der Waals surface area contributed by atoms with Gasteiger partial charge in [-0.2, -0.15) is 0 Å². The number of pyridine rings is 1. The number of likely N-dealkylation sites (tertiary alicyclic amines) is 1. The van der Waals surface area contributed by atoms with Crippen molar-refractivity contribution in [1.82, 2.24) is 30.5 Å². The van der Waals surface area contributed by atoms with Gasteiger partial charge in [0.2, 0.25) is 17.7 Å². The standard InChI is InChI=1S/C65H68N8O8S2/c1-37-46(47-27-28-54(69-55(47)61(78)79)72-32-30-42-13-11-15-48(49(42)35-72)58(75)71-63-68-50-16-9-10-18-53(50)83-63)14-12-17-52(37)81-45-25-19-40(20-26-45)29-31-65(7,8)62(80)70-57(64(4,5)6)60(77)73-34-44(74)33-51(73)59(76)67-38(2)41-21-23-43(24-22-41)56-39(3)66-36-82-56/h9-28,36,38,44,51,57,74H,29-35H2,1-8H3,(H,67,76)(H,70,80)(H,78,79)(H,68,71,75). The van der Waals surface area contributed by atoms with Gasteiger partial charge >= 0.3 is 5.97 Å². The number of carboxylic acids is 1. The van der Waals surface area contributed by atoms with E-state index in [-0.39, 0.29) is 42.4 Å². The Labute approximate surface area is 491 Å². The van der Waals surface area contributed by atoms with Crippen LogP contribution in [-0.4, -0.2) is 90.9 Å². The molecule has 0 aliphatic carbocycles. The number of β-amino-alcohol motifs (C(OH)–C–C–N with tert-alkyl or cyclic N) is 1. The molecular formula is C65H68N8O8S2. The van der Waals surface area contributed by atoms with Crippen LogP contribution < -0.4 is 25.6 Å². The molecule has 10 rings (SSSR count). The van der Waals surface area contributed by atoms with E-state index in [0.717, 1.165) is 54.2 Å². The van der Waals surface area contributed by atoms with Crippen LogP contribution in [0.1, 0.15) is 115 Å². The molecule has 4 atom stereocenters. The molecule has 0 radical (unpaired) electrons. The molecule has 1 saturated heterocycles. The smallest absolute Gasteiger partial charge is 0.355 e. The molecule has 5 heterocycles. The number of benzene rings is 5. The number of aliphatic hydroxyl groups excluding tert-OH is 1. The molecule has 4 unspecified atom stereocenters. The Bertz CT molecular complexity index is 3720. The van der Waals surface area contributed by atoms with Gasteiger partial charge in [0, 0.05) is 42.6 Å². The number of aliphatic hydroxyl groups is 1. The highest BCUT2D eigenvalue weighted by Gasteiger charge is 2.46. The molecule has 0 spiro atoms. The number of carbonyl (C=O) groups excluding carboxylic acids is 4. The second-order valence-corrected chi connectivity index (χ2v) is 25.2. The lowest BCUT2D eigenvalue weighted by molar-refractivity contribution is -0.145. The third-order valence-corrected chi connectivity index (χ3v) is 17.8. The van der Waals surface area contributed by atoms with Crippen molar-refractivity contribution in [2.24, 2.45) is 10.8 Å². The number of aryl methyl sites for hydroxylation is 2. The fraction of sp³-hybridized carbons (Fsp3) is 0.323. The Morgan fingerprint density at radius 3 is 2.29 bits per heavy atom. The van der Waals surface area contributed by atoms with Gasteiger partial charge in [-0.1, -0.05) is 119 Å². The summed E-state index contributed by atoms with van der Waals surface area (Å²) in [6, 6.07) is 35.8. The molecule has 428 valence electrons. The van der Waals surface area contributed by atoms with Crippen molar-refractivity contribution in [1.29, 1.82) is 0 Å². The summed E-state index contributed by atoms with van der Waals surface area (Å²) in [5, 5.41) is 31.0. The molecule has 8 aromatic rings. The number of nitrogens with one attached hydrogen (secondary N) is 3. The van der Waals surface area contributed by atoms with E-state index in [2.05, 4.69) is 25.9 Å². The van der Waals surface area contributed by atoms with Gasteiger partial charge in [-0.05, 0) is 133 Å². The quantitative estimate of drug-likeness (QED) is 0.0576. The monoisotopic (exact) mass is 1150 g/mol. The van der Waals surface area contributed by atoms with Gasteiger partial charge in [0.1, 0.15) is 29.4 Å². The number of anilines is 2.